The highest BCUT2D eigenvalue weighted by Gasteiger charge is 2.18. The second kappa shape index (κ2) is 6.84. The molecule has 25 heavy (non-hydrogen) atoms. The number of H-pyrrole nitrogens is 2. The minimum Gasteiger partial charge on any atom is -0.494 e. The number of amides is 1. The lowest BCUT2D eigenvalue weighted by Crippen LogP contribution is -2.11. The number of hydrogen-bond acceptors (Lipinski definition) is 3. The number of nitrogens with two attached hydrogens (primary N) is 1. The van der Waals surface area contributed by atoms with Gasteiger partial charge in [-0.05, 0) is 49.6 Å². The fourth-order valence-corrected chi connectivity index (χ4v) is 3.03. The van der Waals surface area contributed by atoms with Crippen LogP contribution in [0, 0.1) is 13.8 Å². The van der Waals surface area contributed by atoms with Gasteiger partial charge in [0, 0.05) is 30.1 Å². The monoisotopic (exact) mass is 338 g/mol. The molecule has 0 saturated heterocycles. The summed E-state index contributed by atoms with van der Waals surface area (Å²) in [6, 6.07) is 3.90. The number of nitrogens with zero attached hydrogens (tertiary/aromatic N) is 1. The first-order chi connectivity index (χ1) is 12.0. The molecule has 0 atom stereocenters. The standard InChI is InChI=1S/C19H22N4O2/c1-11-13(6-7-19(20)24)12(2)22-15(11)9-17-18(25-3)10-16(23-17)14-5-4-8-21-14/h4-5,8-10,21-22H,6-7H2,1-3H3,(H2,20,24)/b17-9-. The summed E-state index contributed by atoms with van der Waals surface area (Å²) < 4.78 is 5.47. The normalized spacial score (nSPS) is 15.4. The number of rotatable bonds is 6. The van der Waals surface area contributed by atoms with Crippen LogP contribution in [0.1, 0.15) is 34.6 Å². The van der Waals surface area contributed by atoms with E-state index in [0.29, 0.717) is 12.8 Å². The summed E-state index contributed by atoms with van der Waals surface area (Å²) in [7, 11) is 1.64. The third-order valence-corrected chi connectivity index (χ3v) is 4.39. The predicted octanol–water partition coefficient (Wildman–Crippen LogP) is 2.75. The SMILES string of the molecule is COC1=CC(c2ccc[nH]2)=N/C1=C\c1[nH]c(C)c(CCC(N)=O)c1C. The Morgan fingerprint density at radius 3 is 2.84 bits per heavy atom. The number of aromatic nitrogens is 2. The Balaban J connectivity index is 1.94. The number of aliphatic imine (C=N–C) groups is 1. The summed E-state index contributed by atoms with van der Waals surface area (Å²) in [5.41, 5.74) is 12.0. The minimum absolute atomic E-state index is 0.291. The van der Waals surface area contributed by atoms with Gasteiger partial charge in [-0.3, -0.25) is 4.79 Å². The average molecular weight is 338 g/mol. The molecule has 6 heteroatoms. The van der Waals surface area contributed by atoms with Gasteiger partial charge in [0.15, 0.2) is 0 Å². The summed E-state index contributed by atoms with van der Waals surface area (Å²) >= 11 is 0. The number of hydrogen-bond donors (Lipinski definition) is 3. The zero-order chi connectivity index (χ0) is 18.0. The highest BCUT2D eigenvalue weighted by Crippen LogP contribution is 2.27. The highest BCUT2D eigenvalue weighted by atomic mass is 16.5. The van der Waals surface area contributed by atoms with E-state index in [1.54, 1.807) is 7.11 Å². The topological polar surface area (TPSA) is 96.3 Å². The Labute approximate surface area is 146 Å². The lowest BCUT2D eigenvalue weighted by Gasteiger charge is -2.02. The maximum absolute atomic E-state index is 11.1. The molecule has 0 saturated carbocycles. The smallest absolute Gasteiger partial charge is 0.217 e. The summed E-state index contributed by atoms with van der Waals surface area (Å²) in [6.07, 6.45) is 6.73. The molecule has 0 bridgehead atoms. The molecule has 1 aliphatic heterocycles. The van der Waals surface area contributed by atoms with Crippen molar-refractivity contribution in [2.24, 2.45) is 10.7 Å². The fourth-order valence-electron chi connectivity index (χ4n) is 3.03. The summed E-state index contributed by atoms with van der Waals surface area (Å²) in [6.45, 7) is 4.04. The van der Waals surface area contributed by atoms with Gasteiger partial charge in [0.1, 0.15) is 11.5 Å². The summed E-state index contributed by atoms with van der Waals surface area (Å²) in [5, 5.41) is 0. The lowest BCUT2D eigenvalue weighted by atomic mass is 10.0. The van der Waals surface area contributed by atoms with E-state index in [9.17, 15) is 4.79 Å². The van der Waals surface area contributed by atoms with Crippen LogP contribution in [0.5, 0.6) is 0 Å². The second-order valence-corrected chi connectivity index (χ2v) is 6.06. The van der Waals surface area contributed by atoms with Crippen molar-refractivity contribution in [1.82, 2.24) is 9.97 Å². The van der Waals surface area contributed by atoms with Gasteiger partial charge in [-0.1, -0.05) is 0 Å². The maximum atomic E-state index is 11.1. The van der Waals surface area contributed by atoms with Crippen molar-refractivity contribution in [3.63, 3.8) is 0 Å². The van der Waals surface area contributed by atoms with Crippen molar-refractivity contribution in [2.75, 3.05) is 7.11 Å². The zero-order valence-corrected chi connectivity index (χ0v) is 14.6. The molecular formula is C19H22N4O2. The van der Waals surface area contributed by atoms with Gasteiger partial charge in [0.2, 0.25) is 5.91 Å². The van der Waals surface area contributed by atoms with Crippen molar-refractivity contribution >= 4 is 17.7 Å². The number of aryl methyl sites for hydroxylation is 1. The molecule has 0 aromatic carbocycles. The van der Waals surface area contributed by atoms with Crippen molar-refractivity contribution in [2.45, 2.75) is 26.7 Å². The maximum Gasteiger partial charge on any atom is 0.217 e. The first kappa shape index (κ1) is 16.8. The molecular weight excluding hydrogens is 316 g/mol. The van der Waals surface area contributed by atoms with Gasteiger partial charge in [-0.25, -0.2) is 4.99 Å². The van der Waals surface area contributed by atoms with Gasteiger partial charge in [0.25, 0.3) is 0 Å². The van der Waals surface area contributed by atoms with E-state index >= 15 is 0 Å². The van der Waals surface area contributed by atoms with Crippen LogP contribution in [0.4, 0.5) is 0 Å². The second-order valence-electron chi connectivity index (χ2n) is 6.06. The number of carbonyl (C=O) groups is 1. The third kappa shape index (κ3) is 3.42. The fraction of sp³-hybridized carbons (Fsp3) is 0.263. The number of carbonyl (C=O) groups excluding carboxylic acids is 1. The molecule has 3 rings (SSSR count). The third-order valence-electron chi connectivity index (χ3n) is 4.39. The molecule has 0 unspecified atom stereocenters. The first-order valence-electron chi connectivity index (χ1n) is 8.16. The molecule has 4 N–H and O–H groups in total. The average Bonchev–Trinajstić information content (AvgIpc) is 3.27. The Morgan fingerprint density at radius 1 is 1.40 bits per heavy atom. The van der Waals surface area contributed by atoms with E-state index in [4.69, 9.17) is 10.5 Å². The Kier molecular flexibility index (Phi) is 4.61. The molecule has 0 aliphatic carbocycles. The number of primary amides is 1. The summed E-state index contributed by atoms with van der Waals surface area (Å²) in [5.74, 6) is 0.426. The summed E-state index contributed by atoms with van der Waals surface area (Å²) in [4.78, 5) is 22.3. The van der Waals surface area contributed by atoms with Crippen molar-refractivity contribution in [3.05, 3.63) is 64.1 Å². The molecule has 6 nitrogen and oxygen atoms in total. The molecule has 3 heterocycles. The predicted molar refractivity (Wildman–Crippen MR) is 98.2 cm³/mol. The Bertz CT molecular complexity index is 883. The Morgan fingerprint density at radius 2 is 2.20 bits per heavy atom. The molecule has 2 aromatic heterocycles. The van der Waals surface area contributed by atoms with Crippen LogP contribution in [-0.4, -0.2) is 28.7 Å². The molecule has 0 radical (unpaired) electrons. The van der Waals surface area contributed by atoms with E-state index in [1.807, 2.05) is 44.3 Å². The van der Waals surface area contributed by atoms with Gasteiger partial charge in [0.05, 0.1) is 18.5 Å². The van der Waals surface area contributed by atoms with E-state index in [2.05, 4.69) is 15.0 Å². The van der Waals surface area contributed by atoms with Crippen LogP contribution in [0.2, 0.25) is 0 Å². The lowest BCUT2D eigenvalue weighted by molar-refractivity contribution is -0.117. The first-order valence-corrected chi connectivity index (χ1v) is 8.16. The molecule has 0 fully saturated rings. The van der Waals surface area contributed by atoms with E-state index in [0.717, 1.165) is 45.4 Å². The zero-order valence-electron chi connectivity index (χ0n) is 14.6. The van der Waals surface area contributed by atoms with Gasteiger partial charge >= 0.3 is 0 Å². The molecule has 1 amide bonds. The minimum atomic E-state index is -0.291. The van der Waals surface area contributed by atoms with Crippen molar-refractivity contribution in [3.8, 4) is 0 Å². The number of nitrogens with one attached hydrogen (secondary N) is 2. The number of allylic oxidation sites excluding steroid dienone is 1. The molecule has 0 spiro atoms. The van der Waals surface area contributed by atoms with Gasteiger partial charge in [-0.2, -0.15) is 0 Å². The van der Waals surface area contributed by atoms with Crippen LogP contribution in [0.15, 0.2) is 40.9 Å². The Hall–Kier alpha value is -3.02. The number of methoxy groups -OCH3 is 1. The van der Waals surface area contributed by atoms with Crippen LogP contribution >= 0.6 is 0 Å². The molecule has 1 aliphatic rings. The van der Waals surface area contributed by atoms with Gasteiger partial charge in [-0.15, -0.1) is 0 Å². The van der Waals surface area contributed by atoms with E-state index < -0.39 is 0 Å². The van der Waals surface area contributed by atoms with E-state index in [1.165, 1.54) is 0 Å². The molecule has 130 valence electrons. The number of ether oxygens (including phenoxy) is 1. The molecule has 2 aromatic rings. The quantitative estimate of drug-likeness (QED) is 0.755. The van der Waals surface area contributed by atoms with Crippen LogP contribution in [0.3, 0.4) is 0 Å². The highest BCUT2D eigenvalue weighted by molar-refractivity contribution is 6.11. The van der Waals surface area contributed by atoms with Gasteiger partial charge < -0.3 is 20.4 Å². The van der Waals surface area contributed by atoms with Crippen LogP contribution in [0.25, 0.3) is 6.08 Å². The van der Waals surface area contributed by atoms with E-state index in [-0.39, 0.29) is 5.91 Å². The van der Waals surface area contributed by atoms with Crippen LogP contribution in [-0.2, 0) is 16.0 Å². The van der Waals surface area contributed by atoms with Crippen molar-refractivity contribution in [1.29, 1.82) is 0 Å². The van der Waals surface area contributed by atoms with Crippen molar-refractivity contribution < 1.29 is 9.53 Å². The van der Waals surface area contributed by atoms with Crippen LogP contribution < -0.4 is 5.73 Å². The largest absolute Gasteiger partial charge is 0.494 e. The number of aromatic amines is 2.